The SMILES string of the molecule is COc1ccc(C(=O)Nc2cc(Cl)nc(Cl)c2)c2cccnc12. The fourth-order valence-electron chi connectivity index (χ4n) is 2.24. The molecule has 1 N–H and O–H groups in total. The molecular formula is C16H11Cl2N3O2. The van der Waals surface area contributed by atoms with Gasteiger partial charge in [0.05, 0.1) is 7.11 Å². The third-order valence-corrected chi connectivity index (χ3v) is 3.61. The van der Waals surface area contributed by atoms with Crippen LogP contribution in [0.2, 0.25) is 10.3 Å². The lowest BCUT2D eigenvalue weighted by Crippen LogP contribution is -2.13. The van der Waals surface area contributed by atoms with Gasteiger partial charge in [-0.25, -0.2) is 4.98 Å². The van der Waals surface area contributed by atoms with Gasteiger partial charge in [0.25, 0.3) is 5.91 Å². The van der Waals surface area contributed by atoms with Crippen molar-refractivity contribution < 1.29 is 9.53 Å². The molecule has 3 aromatic rings. The summed E-state index contributed by atoms with van der Waals surface area (Å²) in [5.74, 6) is 0.302. The fraction of sp³-hybridized carbons (Fsp3) is 0.0625. The van der Waals surface area contributed by atoms with Crippen molar-refractivity contribution in [1.29, 1.82) is 0 Å². The van der Waals surface area contributed by atoms with Crippen molar-refractivity contribution >= 4 is 45.7 Å². The van der Waals surface area contributed by atoms with Gasteiger partial charge in [-0.15, -0.1) is 0 Å². The number of hydrogen-bond acceptors (Lipinski definition) is 4. The zero-order valence-electron chi connectivity index (χ0n) is 12.0. The first-order valence-electron chi connectivity index (χ1n) is 6.64. The minimum absolute atomic E-state index is 0.203. The number of aromatic nitrogens is 2. The van der Waals surface area contributed by atoms with Gasteiger partial charge in [-0.05, 0) is 30.3 Å². The minimum Gasteiger partial charge on any atom is -0.494 e. The number of halogens is 2. The van der Waals surface area contributed by atoms with E-state index in [0.717, 1.165) is 0 Å². The molecule has 0 unspecified atom stereocenters. The Labute approximate surface area is 142 Å². The third kappa shape index (κ3) is 3.21. The summed E-state index contributed by atoms with van der Waals surface area (Å²) in [7, 11) is 1.56. The van der Waals surface area contributed by atoms with Gasteiger partial charge in [-0.1, -0.05) is 29.3 Å². The number of ether oxygens (including phenoxy) is 1. The summed E-state index contributed by atoms with van der Waals surface area (Å²) >= 11 is 11.7. The number of anilines is 1. The van der Waals surface area contributed by atoms with Crippen molar-refractivity contribution in [2.45, 2.75) is 0 Å². The maximum Gasteiger partial charge on any atom is 0.256 e. The quantitative estimate of drug-likeness (QED) is 0.721. The van der Waals surface area contributed by atoms with Gasteiger partial charge in [0.1, 0.15) is 21.6 Å². The molecule has 1 amide bonds. The van der Waals surface area contributed by atoms with E-state index >= 15 is 0 Å². The number of hydrogen-bond donors (Lipinski definition) is 1. The molecule has 0 atom stereocenters. The molecule has 0 fully saturated rings. The van der Waals surface area contributed by atoms with Gasteiger partial charge in [-0.3, -0.25) is 9.78 Å². The van der Waals surface area contributed by atoms with E-state index in [1.165, 1.54) is 12.1 Å². The second kappa shape index (κ2) is 6.40. The number of benzene rings is 1. The first kappa shape index (κ1) is 15.5. The van der Waals surface area contributed by atoms with Crippen LogP contribution in [0.4, 0.5) is 5.69 Å². The summed E-state index contributed by atoms with van der Waals surface area (Å²) < 4.78 is 5.27. The third-order valence-electron chi connectivity index (χ3n) is 3.22. The zero-order chi connectivity index (χ0) is 16.4. The second-order valence-electron chi connectivity index (χ2n) is 4.67. The van der Waals surface area contributed by atoms with Crippen molar-refractivity contribution in [3.05, 3.63) is 58.5 Å². The van der Waals surface area contributed by atoms with Gasteiger partial charge in [0, 0.05) is 22.8 Å². The van der Waals surface area contributed by atoms with E-state index in [0.29, 0.717) is 27.9 Å². The molecule has 1 aromatic carbocycles. The lowest BCUT2D eigenvalue weighted by molar-refractivity contribution is 0.102. The Balaban J connectivity index is 2.01. The van der Waals surface area contributed by atoms with E-state index in [1.807, 2.05) is 6.07 Å². The molecule has 0 aliphatic heterocycles. The van der Waals surface area contributed by atoms with Crippen LogP contribution in [0, 0.1) is 0 Å². The van der Waals surface area contributed by atoms with Gasteiger partial charge in [-0.2, -0.15) is 0 Å². The summed E-state index contributed by atoms with van der Waals surface area (Å²) in [6.07, 6.45) is 1.65. The largest absolute Gasteiger partial charge is 0.494 e. The molecule has 0 aliphatic carbocycles. The molecular weight excluding hydrogens is 337 g/mol. The molecule has 2 heterocycles. The molecule has 0 radical (unpaired) electrons. The van der Waals surface area contributed by atoms with Gasteiger partial charge < -0.3 is 10.1 Å². The monoisotopic (exact) mass is 347 g/mol. The van der Waals surface area contributed by atoms with E-state index < -0.39 is 0 Å². The summed E-state index contributed by atoms with van der Waals surface area (Å²) in [6, 6.07) is 10.0. The number of carbonyl (C=O) groups excluding carboxylic acids is 1. The standard InChI is InChI=1S/C16H11Cl2N3O2/c1-23-12-5-4-11(10-3-2-6-19-15(10)12)16(22)20-9-7-13(17)21-14(18)8-9/h2-8H,1H3,(H,20,21,22). The van der Waals surface area contributed by atoms with Crippen molar-refractivity contribution in [2.75, 3.05) is 12.4 Å². The van der Waals surface area contributed by atoms with Crippen molar-refractivity contribution in [2.24, 2.45) is 0 Å². The zero-order valence-corrected chi connectivity index (χ0v) is 13.5. The van der Waals surface area contributed by atoms with Gasteiger partial charge >= 0.3 is 0 Å². The Morgan fingerprint density at radius 1 is 1.17 bits per heavy atom. The molecule has 7 heteroatoms. The van der Waals surface area contributed by atoms with Crippen LogP contribution < -0.4 is 10.1 Å². The summed E-state index contributed by atoms with van der Waals surface area (Å²) in [4.78, 5) is 20.7. The fourth-order valence-corrected chi connectivity index (χ4v) is 2.71. The van der Waals surface area contributed by atoms with Gasteiger partial charge in [0.2, 0.25) is 0 Å². The average molecular weight is 348 g/mol. The topological polar surface area (TPSA) is 64.1 Å². The number of rotatable bonds is 3. The number of pyridine rings is 2. The number of methoxy groups -OCH3 is 1. The molecule has 0 spiro atoms. The van der Waals surface area contributed by atoms with Crippen LogP contribution in [0.5, 0.6) is 5.75 Å². The molecule has 0 bridgehead atoms. The van der Waals surface area contributed by atoms with E-state index in [4.69, 9.17) is 27.9 Å². The highest BCUT2D eigenvalue weighted by Crippen LogP contribution is 2.27. The summed E-state index contributed by atoms with van der Waals surface area (Å²) in [5, 5.41) is 3.85. The highest BCUT2D eigenvalue weighted by molar-refractivity contribution is 6.33. The molecule has 2 aromatic heterocycles. The lowest BCUT2D eigenvalue weighted by Gasteiger charge is -2.10. The van der Waals surface area contributed by atoms with E-state index in [9.17, 15) is 4.79 Å². The smallest absolute Gasteiger partial charge is 0.256 e. The Morgan fingerprint density at radius 2 is 1.91 bits per heavy atom. The van der Waals surface area contributed by atoms with E-state index in [2.05, 4.69) is 15.3 Å². The number of amides is 1. The van der Waals surface area contributed by atoms with Crippen LogP contribution in [0.15, 0.2) is 42.6 Å². The molecule has 23 heavy (non-hydrogen) atoms. The summed E-state index contributed by atoms with van der Waals surface area (Å²) in [6.45, 7) is 0. The number of nitrogens with one attached hydrogen (secondary N) is 1. The lowest BCUT2D eigenvalue weighted by atomic mass is 10.1. The predicted octanol–water partition coefficient (Wildman–Crippen LogP) is 4.20. The molecule has 0 aliphatic rings. The first-order chi connectivity index (χ1) is 11.1. The molecule has 116 valence electrons. The average Bonchev–Trinajstić information content (AvgIpc) is 2.52. The van der Waals surface area contributed by atoms with Crippen molar-refractivity contribution in [1.82, 2.24) is 9.97 Å². The highest BCUT2D eigenvalue weighted by Gasteiger charge is 2.14. The van der Waals surface area contributed by atoms with E-state index in [1.54, 1.807) is 31.5 Å². The van der Waals surface area contributed by atoms with Crippen LogP contribution in [0.25, 0.3) is 10.9 Å². The van der Waals surface area contributed by atoms with Crippen LogP contribution in [-0.4, -0.2) is 23.0 Å². The van der Waals surface area contributed by atoms with Crippen LogP contribution in [-0.2, 0) is 0 Å². The van der Waals surface area contributed by atoms with E-state index in [-0.39, 0.29) is 16.2 Å². The second-order valence-corrected chi connectivity index (χ2v) is 5.44. The maximum absolute atomic E-state index is 12.6. The summed E-state index contributed by atoms with van der Waals surface area (Å²) in [5.41, 5.74) is 1.55. The Morgan fingerprint density at radius 3 is 2.61 bits per heavy atom. The Bertz CT molecular complexity index is 879. The maximum atomic E-state index is 12.6. The molecule has 0 saturated carbocycles. The number of nitrogens with zero attached hydrogens (tertiary/aromatic N) is 2. The Kier molecular flexibility index (Phi) is 4.32. The van der Waals surface area contributed by atoms with Crippen LogP contribution >= 0.6 is 23.2 Å². The Hall–Kier alpha value is -2.37. The van der Waals surface area contributed by atoms with Crippen molar-refractivity contribution in [3.63, 3.8) is 0 Å². The number of carbonyl (C=O) groups is 1. The van der Waals surface area contributed by atoms with Gasteiger partial charge in [0.15, 0.2) is 0 Å². The van der Waals surface area contributed by atoms with Crippen LogP contribution in [0.1, 0.15) is 10.4 Å². The number of fused-ring (bicyclic) bond motifs is 1. The molecule has 5 nitrogen and oxygen atoms in total. The van der Waals surface area contributed by atoms with Crippen LogP contribution in [0.3, 0.4) is 0 Å². The molecule has 3 rings (SSSR count). The predicted molar refractivity (Wildman–Crippen MR) is 90.5 cm³/mol. The first-order valence-corrected chi connectivity index (χ1v) is 7.40. The molecule has 0 saturated heterocycles. The minimum atomic E-state index is -0.302. The normalized spacial score (nSPS) is 10.6. The highest BCUT2D eigenvalue weighted by atomic mass is 35.5. The van der Waals surface area contributed by atoms with Crippen molar-refractivity contribution in [3.8, 4) is 5.75 Å².